The van der Waals surface area contributed by atoms with Gasteiger partial charge in [0.15, 0.2) is 5.16 Å². The summed E-state index contributed by atoms with van der Waals surface area (Å²) in [6, 6.07) is 7.86. The molecule has 0 bridgehead atoms. The molecular weight excluding hydrogens is 346 g/mol. The van der Waals surface area contributed by atoms with E-state index in [9.17, 15) is 0 Å². The quantitative estimate of drug-likeness (QED) is 0.470. The van der Waals surface area contributed by atoms with Gasteiger partial charge in [-0.2, -0.15) is 0 Å². The topological polar surface area (TPSA) is 28.8 Å². The standard InChI is InChI=1S/C13H11BrClN3S/c14-11-7-16-13(17-12(11)18-5-6-18)19-8-9-1-3-10(15)4-2-9/h1-4,7H,5-6,8H2. The van der Waals surface area contributed by atoms with Gasteiger partial charge in [0, 0.05) is 30.1 Å². The van der Waals surface area contributed by atoms with Crippen LogP contribution in [0.3, 0.4) is 0 Å². The molecule has 2 heterocycles. The van der Waals surface area contributed by atoms with Gasteiger partial charge in [-0.1, -0.05) is 35.5 Å². The van der Waals surface area contributed by atoms with Crippen LogP contribution in [0.2, 0.25) is 5.02 Å². The smallest absolute Gasteiger partial charge is 0.189 e. The lowest BCUT2D eigenvalue weighted by Crippen LogP contribution is -1.98. The van der Waals surface area contributed by atoms with Crippen LogP contribution in [0.5, 0.6) is 0 Å². The molecular formula is C13H11BrClN3S. The molecule has 0 unspecified atom stereocenters. The lowest BCUT2D eigenvalue weighted by atomic mass is 10.2. The third-order valence-corrected chi connectivity index (χ3v) is 4.48. The molecule has 1 aliphatic rings. The Kier molecular flexibility index (Phi) is 3.96. The predicted molar refractivity (Wildman–Crippen MR) is 83.0 cm³/mol. The molecule has 1 fully saturated rings. The first-order valence-electron chi connectivity index (χ1n) is 5.87. The molecule has 1 aromatic carbocycles. The van der Waals surface area contributed by atoms with Crippen molar-refractivity contribution >= 4 is 45.1 Å². The summed E-state index contributed by atoms with van der Waals surface area (Å²) in [5.41, 5.74) is 1.22. The van der Waals surface area contributed by atoms with Gasteiger partial charge in [-0.15, -0.1) is 0 Å². The first-order valence-corrected chi connectivity index (χ1v) is 8.03. The summed E-state index contributed by atoms with van der Waals surface area (Å²) in [7, 11) is 0. The lowest BCUT2D eigenvalue weighted by Gasteiger charge is -2.06. The van der Waals surface area contributed by atoms with E-state index in [1.54, 1.807) is 11.8 Å². The molecule has 3 rings (SSSR count). The average Bonchev–Trinajstić information content (AvgIpc) is 3.24. The van der Waals surface area contributed by atoms with Gasteiger partial charge in [-0.25, -0.2) is 9.97 Å². The fourth-order valence-corrected chi connectivity index (χ4v) is 2.96. The number of hydrogen-bond donors (Lipinski definition) is 0. The van der Waals surface area contributed by atoms with E-state index in [0.717, 1.165) is 39.3 Å². The zero-order chi connectivity index (χ0) is 13.2. The number of aromatic nitrogens is 2. The highest BCUT2D eigenvalue weighted by molar-refractivity contribution is 9.10. The van der Waals surface area contributed by atoms with Crippen molar-refractivity contribution in [1.29, 1.82) is 0 Å². The number of benzene rings is 1. The first kappa shape index (κ1) is 13.2. The molecule has 1 aliphatic heterocycles. The monoisotopic (exact) mass is 355 g/mol. The maximum Gasteiger partial charge on any atom is 0.189 e. The minimum absolute atomic E-state index is 0.762. The molecule has 0 N–H and O–H groups in total. The number of halogens is 2. The highest BCUT2D eigenvalue weighted by atomic mass is 79.9. The number of thioether (sulfide) groups is 1. The third-order valence-electron chi connectivity index (χ3n) is 2.73. The fraction of sp³-hybridized carbons (Fsp3) is 0.231. The lowest BCUT2D eigenvalue weighted by molar-refractivity contribution is 0.949. The van der Waals surface area contributed by atoms with Crippen LogP contribution >= 0.6 is 39.3 Å². The Morgan fingerprint density at radius 1 is 1.26 bits per heavy atom. The summed E-state index contributed by atoms with van der Waals surface area (Å²) in [4.78, 5) is 11.1. The minimum atomic E-state index is 0.762. The number of rotatable bonds is 4. The van der Waals surface area contributed by atoms with Crippen LogP contribution in [-0.4, -0.2) is 23.1 Å². The first-order chi connectivity index (χ1) is 9.22. The Morgan fingerprint density at radius 3 is 2.68 bits per heavy atom. The van der Waals surface area contributed by atoms with Crippen molar-refractivity contribution in [2.75, 3.05) is 18.0 Å². The van der Waals surface area contributed by atoms with Gasteiger partial charge >= 0.3 is 0 Å². The zero-order valence-corrected chi connectivity index (χ0v) is 13.2. The maximum absolute atomic E-state index is 5.87. The average molecular weight is 357 g/mol. The van der Waals surface area contributed by atoms with E-state index in [4.69, 9.17) is 11.6 Å². The van der Waals surface area contributed by atoms with Crippen LogP contribution in [0.4, 0.5) is 5.82 Å². The van der Waals surface area contributed by atoms with E-state index < -0.39 is 0 Å². The van der Waals surface area contributed by atoms with Gasteiger partial charge in [0.1, 0.15) is 5.82 Å². The normalized spacial score (nSPS) is 13.7. The van der Waals surface area contributed by atoms with Gasteiger partial charge in [0.2, 0.25) is 0 Å². The SMILES string of the molecule is Clc1ccc(CSc2ncc(Br)c(N3CC3)n2)cc1. The van der Waals surface area contributed by atoms with Crippen LogP contribution in [-0.2, 0) is 5.75 Å². The van der Waals surface area contributed by atoms with Crippen molar-refractivity contribution in [3.63, 3.8) is 0 Å². The molecule has 0 spiro atoms. The van der Waals surface area contributed by atoms with Gasteiger partial charge in [0.05, 0.1) is 4.47 Å². The third kappa shape index (κ3) is 3.41. The number of hydrogen-bond acceptors (Lipinski definition) is 4. The molecule has 98 valence electrons. The van der Waals surface area contributed by atoms with E-state index in [1.807, 2.05) is 30.5 Å². The van der Waals surface area contributed by atoms with Crippen LogP contribution in [0.15, 0.2) is 40.1 Å². The molecule has 3 nitrogen and oxygen atoms in total. The predicted octanol–water partition coefficient (Wildman–Crippen LogP) is 4.00. The largest absolute Gasteiger partial charge is 0.352 e. The summed E-state index contributed by atoms with van der Waals surface area (Å²) >= 11 is 11.0. The summed E-state index contributed by atoms with van der Waals surface area (Å²) in [6.45, 7) is 2.16. The Hall–Kier alpha value is -0.780. The van der Waals surface area contributed by atoms with Crippen molar-refractivity contribution in [3.8, 4) is 0 Å². The van der Waals surface area contributed by atoms with Gasteiger partial charge < -0.3 is 4.90 Å². The Bertz CT molecular complexity index is 587. The van der Waals surface area contributed by atoms with Crippen molar-refractivity contribution < 1.29 is 0 Å². The van der Waals surface area contributed by atoms with Gasteiger partial charge in [-0.3, -0.25) is 0 Å². The summed E-state index contributed by atoms with van der Waals surface area (Å²) in [5, 5.41) is 1.57. The van der Waals surface area contributed by atoms with Crippen molar-refractivity contribution in [1.82, 2.24) is 9.97 Å². The highest BCUT2D eigenvalue weighted by Gasteiger charge is 2.22. The molecule has 0 saturated carbocycles. The van der Waals surface area contributed by atoms with E-state index >= 15 is 0 Å². The molecule has 1 saturated heterocycles. The summed E-state index contributed by atoms with van der Waals surface area (Å²) < 4.78 is 0.959. The second-order valence-corrected chi connectivity index (χ2v) is 6.46. The van der Waals surface area contributed by atoms with Crippen LogP contribution in [0, 0.1) is 0 Å². The fourth-order valence-electron chi connectivity index (χ4n) is 1.62. The van der Waals surface area contributed by atoms with Gasteiger partial charge in [-0.05, 0) is 33.6 Å². The van der Waals surface area contributed by atoms with Crippen LogP contribution < -0.4 is 4.90 Å². The second kappa shape index (κ2) is 5.69. The number of nitrogens with zero attached hydrogens (tertiary/aromatic N) is 3. The van der Waals surface area contributed by atoms with E-state index in [1.165, 1.54) is 5.56 Å². The maximum atomic E-state index is 5.87. The molecule has 0 amide bonds. The highest BCUT2D eigenvalue weighted by Crippen LogP contribution is 2.30. The van der Waals surface area contributed by atoms with Crippen LogP contribution in [0.25, 0.3) is 0 Å². The molecule has 19 heavy (non-hydrogen) atoms. The minimum Gasteiger partial charge on any atom is -0.352 e. The zero-order valence-electron chi connectivity index (χ0n) is 10.0. The molecule has 0 aliphatic carbocycles. The molecule has 6 heteroatoms. The van der Waals surface area contributed by atoms with Crippen molar-refractivity contribution in [2.24, 2.45) is 0 Å². The summed E-state index contributed by atoms with van der Waals surface area (Å²) in [6.07, 6.45) is 1.82. The van der Waals surface area contributed by atoms with Gasteiger partial charge in [0.25, 0.3) is 0 Å². The molecule has 2 aromatic rings. The van der Waals surface area contributed by atoms with E-state index in [-0.39, 0.29) is 0 Å². The Labute approximate surface area is 129 Å². The molecule has 0 radical (unpaired) electrons. The molecule has 1 aromatic heterocycles. The van der Waals surface area contributed by atoms with E-state index in [0.29, 0.717) is 0 Å². The molecule has 0 atom stereocenters. The van der Waals surface area contributed by atoms with Crippen LogP contribution in [0.1, 0.15) is 5.56 Å². The Morgan fingerprint density at radius 2 is 2.00 bits per heavy atom. The van der Waals surface area contributed by atoms with Crippen molar-refractivity contribution in [3.05, 3.63) is 45.5 Å². The number of anilines is 1. The Balaban J connectivity index is 1.69. The van der Waals surface area contributed by atoms with E-state index in [2.05, 4.69) is 30.8 Å². The second-order valence-electron chi connectivity index (χ2n) is 4.23. The van der Waals surface area contributed by atoms with Crippen molar-refractivity contribution in [2.45, 2.75) is 10.9 Å². The summed E-state index contributed by atoms with van der Waals surface area (Å²) in [5.74, 6) is 1.84.